The number of piperazine rings is 1. The predicted octanol–water partition coefficient (Wildman–Crippen LogP) is 2.38. The van der Waals surface area contributed by atoms with Crippen LogP contribution >= 0.6 is 0 Å². The first-order chi connectivity index (χ1) is 17.9. The molecule has 2 aliphatic rings. The van der Waals surface area contributed by atoms with E-state index in [-0.39, 0.29) is 24.2 Å². The van der Waals surface area contributed by atoms with Gasteiger partial charge in [0.05, 0.1) is 24.8 Å². The lowest BCUT2D eigenvalue weighted by molar-refractivity contribution is -0.137. The molecule has 1 aromatic heterocycles. The number of hydrogen-bond donors (Lipinski definition) is 0. The molecule has 0 aliphatic carbocycles. The first-order valence-corrected chi connectivity index (χ1v) is 12.8. The van der Waals surface area contributed by atoms with E-state index in [4.69, 9.17) is 4.74 Å². The Labute approximate surface area is 216 Å². The van der Waals surface area contributed by atoms with Crippen molar-refractivity contribution < 1.29 is 14.3 Å². The largest absolute Gasteiger partial charge is 0.494 e. The van der Waals surface area contributed by atoms with Crippen LogP contribution < -0.4 is 9.64 Å². The lowest BCUT2D eigenvalue weighted by Gasteiger charge is -2.35. The Morgan fingerprint density at radius 2 is 1.73 bits per heavy atom. The van der Waals surface area contributed by atoms with Crippen LogP contribution in [0.25, 0.3) is 5.69 Å². The smallest absolute Gasteiger partial charge is 0.228 e. The number of anilines is 1. The maximum absolute atomic E-state index is 13.3. The van der Waals surface area contributed by atoms with E-state index in [1.54, 1.807) is 9.58 Å². The molecule has 2 amide bonds. The molecule has 2 fully saturated rings. The number of tetrazole rings is 1. The Morgan fingerprint density at radius 3 is 2.43 bits per heavy atom. The molecule has 0 N–H and O–H groups in total. The van der Waals surface area contributed by atoms with Crippen molar-refractivity contribution in [2.24, 2.45) is 5.92 Å². The minimum absolute atomic E-state index is 0.0152. The zero-order valence-corrected chi connectivity index (χ0v) is 21.6. The van der Waals surface area contributed by atoms with Gasteiger partial charge in [0.1, 0.15) is 5.75 Å². The minimum atomic E-state index is -0.299. The second kappa shape index (κ2) is 10.7. The van der Waals surface area contributed by atoms with Crippen molar-refractivity contribution in [2.45, 2.75) is 33.7 Å². The number of carbonyl (C=O) groups is 2. The van der Waals surface area contributed by atoms with Gasteiger partial charge in [-0.15, -0.1) is 5.10 Å². The van der Waals surface area contributed by atoms with Gasteiger partial charge in [0, 0.05) is 44.8 Å². The van der Waals surface area contributed by atoms with Gasteiger partial charge in [-0.2, -0.15) is 4.68 Å². The summed E-state index contributed by atoms with van der Waals surface area (Å²) in [6.45, 7) is 10.4. The van der Waals surface area contributed by atoms with E-state index in [1.807, 2.05) is 61.2 Å². The topological polar surface area (TPSA) is 96.7 Å². The quantitative estimate of drug-likeness (QED) is 0.488. The highest BCUT2D eigenvalue weighted by molar-refractivity contribution is 6.00. The Morgan fingerprint density at radius 1 is 1.00 bits per heavy atom. The summed E-state index contributed by atoms with van der Waals surface area (Å²) < 4.78 is 7.25. The van der Waals surface area contributed by atoms with Gasteiger partial charge in [0.2, 0.25) is 11.8 Å². The van der Waals surface area contributed by atoms with E-state index in [0.717, 1.165) is 41.6 Å². The molecule has 5 rings (SSSR count). The van der Waals surface area contributed by atoms with Crippen molar-refractivity contribution in [3.63, 3.8) is 0 Å². The fourth-order valence-electron chi connectivity index (χ4n) is 4.96. The predicted molar refractivity (Wildman–Crippen MR) is 139 cm³/mol. The third kappa shape index (κ3) is 5.34. The van der Waals surface area contributed by atoms with Gasteiger partial charge in [-0.25, -0.2) is 0 Å². The summed E-state index contributed by atoms with van der Waals surface area (Å²) in [6.07, 6.45) is 0.267. The Bertz CT molecular complexity index is 1270. The lowest BCUT2D eigenvalue weighted by Crippen LogP contribution is -2.50. The molecule has 1 atom stereocenters. The number of rotatable bonds is 7. The van der Waals surface area contributed by atoms with Crippen molar-refractivity contribution in [2.75, 3.05) is 44.2 Å². The molecule has 10 nitrogen and oxygen atoms in total. The number of aryl methyl sites for hydroxylation is 2. The lowest BCUT2D eigenvalue weighted by atomic mass is 10.1. The Balaban J connectivity index is 1.16. The molecule has 2 aliphatic heterocycles. The van der Waals surface area contributed by atoms with E-state index in [2.05, 4.69) is 27.3 Å². The number of benzene rings is 2. The molecular formula is C27H33N7O3. The van der Waals surface area contributed by atoms with Crippen LogP contribution in [0, 0.1) is 19.8 Å². The minimum Gasteiger partial charge on any atom is -0.494 e. The van der Waals surface area contributed by atoms with Crippen LogP contribution in [-0.4, -0.2) is 81.2 Å². The van der Waals surface area contributed by atoms with Gasteiger partial charge in [0.15, 0.2) is 5.82 Å². The molecule has 194 valence electrons. The van der Waals surface area contributed by atoms with Crippen LogP contribution in [0.3, 0.4) is 0 Å². The molecule has 3 aromatic rings. The fraction of sp³-hybridized carbons (Fsp3) is 0.444. The van der Waals surface area contributed by atoms with Crippen LogP contribution in [0.1, 0.15) is 30.3 Å². The molecule has 0 radical (unpaired) electrons. The average molecular weight is 504 g/mol. The second-order valence-corrected chi connectivity index (χ2v) is 9.71. The standard InChI is InChI=1S/C27H33N7O3/c1-4-37-24-9-7-22(8-10-24)34-25(28-29-30-34)18-31-11-13-32(14-12-31)27(36)21-16-26(35)33(17-21)23-6-5-19(2)20(3)15-23/h5-10,15,21H,4,11-14,16-18H2,1-3H3. The summed E-state index contributed by atoms with van der Waals surface area (Å²) >= 11 is 0. The molecule has 0 spiro atoms. The third-order valence-electron chi connectivity index (χ3n) is 7.25. The average Bonchev–Trinajstić information content (AvgIpc) is 3.53. The van der Waals surface area contributed by atoms with Gasteiger partial charge in [-0.3, -0.25) is 14.5 Å². The highest BCUT2D eigenvalue weighted by Crippen LogP contribution is 2.28. The summed E-state index contributed by atoms with van der Waals surface area (Å²) in [5, 5.41) is 12.3. The van der Waals surface area contributed by atoms with Gasteiger partial charge in [-0.1, -0.05) is 6.07 Å². The molecule has 37 heavy (non-hydrogen) atoms. The van der Waals surface area contributed by atoms with Gasteiger partial charge in [0.25, 0.3) is 0 Å². The van der Waals surface area contributed by atoms with E-state index in [0.29, 0.717) is 32.8 Å². The van der Waals surface area contributed by atoms with Crippen LogP contribution in [0.5, 0.6) is 5.75 Å². The van der Waals surface area contributed by atoms with E-state index >= 15 is 0 Å². The van der Waals surface area contributed by atoms with Crippen LogP contribution in [0.2, 0.25) is 0 Å². The van der Waals surface area contributed by atoms with Gasteiger partial charge >= 0.3 is 0 Å². The first-order valence-electron chi connectivity index (χ1n) is 12.8. The van der Waals surface area contributed by atoms with Crippen molar-refractivity contribution in [1.29, 1.82) is 0 Å². The molecule has 3 heterocycles. The summed E-state index contributed by atoms with van der Waals surface area (Å²) in [6, 6.07) is 13.7. The Hall–Kier alpha value is -3.79. The van der Waals surface area contributed by atoms with Crippen molar-refractivity contribution in [3.05, 3.63) is 59.4 Å². The van der Waals surface area contributed by atoms with E-state index in [1.165, 1.54) is 5.56 Å². The molecule has 2 saturated heterocycles. The number of hydrogen-bond acceptors (Lipinski definition) is 7. The number of amides is 2. The number of carbonyl (C=O) groups excluding carboxylic acids is 2. The highest BCUT2D eigenvalue weighted by Gasteiger charge is 2.38. The fourth-order valence-corrected chi connectivity index (χ4v) is 4.96. The summed E-state index contributed by atoms with van der Waals surface area (Å²) in [7, 11) is 0. The maximum atomic E-state index is 13.3. The first kappa shape index (κ1) is 24.9. The van der Waals surface area contributed by atoms with Gasteiger partial charge in [-0.05, 0) is 78.7 Å². The number of aromatic nitrogens is 4. The van der Waals surface area contributed by atoms with E-state index in [9.17, 15) is 9.59 Å². The molecule has 1 unspecified atom stereocenters. The van der Waals surface area contributed by atoms with Crippen LogP contribution in [0.15, 0.2) is 42.5 Å². The third-order valence-corrected chi connectivity index (χ3v) is 7.25. The van der Waals surface area contributed by atoms with Crippen molar-refractivity contribution in [3.8, 4) is 11.4 Å². The zero-order chi connectivity index (χ0) is 25.9. The van der Waals surface area contributed by atoms with Gasteiger partial charge < -0.3 is 14.5 Å². The molecule has 0 bridgehead atoms. The van der Waals surface area contributed by atoms with Crippen molar-refractivity contribution in [1.82, 2.24) is 30.0 Å². The molecular weight excluding hydrogens is 470 g/mol. The number of ether oxygens (including phenoxy) is 1. The molecule has 10 heteroatoms. The summed E-state index contributed by atoms with van der Waals surface area (Å²) in [5.41, 5.74) is 4.08. The van der Waals surface area contributed by atoms with Crippen molar-refractivity contribution >= 4 is 17.5 Å². The normalized spacial score (nSPS) is 18.5. The van der Waals surface area contributed by atoms with Crippen LogP contribution in [-0.2, 0) is 16.1 Å². The monoisotopic (exact) mass is 503 g/mol. The summed E-state index contributed by atoms with van der Waals surface area (Å²) in [4.78, 5) is 31.9. The van der Waals surface area contributed by atoms with E-state index < -0.39 is 0 Å². The molecule has 0 saturated carbocycles. The summed E-state index contributed by atoms with van der Waals surface area (Å²) in [5.74, 6) is 1.34. The maximum Gasteiger partial charge on any atom is 0.228 e. The Kier molecular flexibility index (Phi) is 7.18. The highest BCUT2D eigenvalue weighted by atomic mass is 16.5. The zero-order valence-electron chi connectivity index (χ0n) is 21.6. The molecule has 2 aromatic carbocycles. The second-order valence-electron chi connectivity index (χ2n) is 9.71. The number of nitrogens with zero attached hydrogens (tertiary/aromatic N) is 7. The SMILES string of the molecule is CCOc1ccc(-n2nnnc2CN2CCN(C(=O)C3CC(=O)N(c4ccc(C)c(C)c4)C3)CC2)cc1. The van der Waals surface area contributed by atoms with Crippen LogP contribution in [0.4, 0.5) is 5.69 Å².